The van der Waals surface area contributed by atoms with E-state index in [-0.39, 0.29) is 11.7 Å². The van der Waals surface area contributed by atoms with Gasteiger partial charge in [-0.05, 0) is 17.7 Å². The van der Waals surface area contributed by atoms with Crippen molar-refractivity contribution in [1.82, 2.24) is 5.32 Å². The van der Waals surface area contributed by atoms with Crippen molar-refractivity contribution in [1.29, 1.82) is 0 Å². The first-order valence-electron chi connectivity index (χ1n) is 6.39. The Balaban J connectivity index is 1.89. The maximum Gasteiger partial charge on any atom is 0.249 e. The summed E-state index contributed by atoms with van der Waals surface area (Å²) in [7, 11) is 1.50. The molecule has 0 atom stereocenters. The smallest absolute Gasteiger partial charge is 0.249 e. The quantitative estimate of drug-likeness (QED) is 0.661. The van der Waals surface area contributed by atoms with E-state index >= 15 is 0 Å². The Morgan fingerprint density at radius 1 is 1.48 bits per heavy atom. The monoisotopic (exact) mass is 304 g/mol. The van der Waals surface area contributed by atoms with Crippen molar-refractivity contribution in [3.8, 4) is 11.5 Å². The van der Waals surface area contributed by atoms with Crippen molar-refractivity contribution in [3.05, 3.63) is 42.0 Å². The molecule has 1 aliphatic rings. The number of benzene rings is 1. The van der Waals surface area contributed by atoms with Crippen molar-refractivity contribution in [3.63, 3.8) is 0 Å². The number of aliphatic imine (C=N–C) groups is 1. The van der Waals surface area contributed by atoms with Crippen LogP contribution in [0.1, 0.15) is 5.56 Å². The van der Waals surface area contributed by atoms with E-state index in [2.05, 4.69) is 10.3 Å². The van der Waals surface area contributed by atoms with Gasteiger partial charge in [0.1, 0.15) is 0 Å². The lowest BCUT2D eigenvalue weighted by Crippen LogP contribution is -2.25. The summed E-state index contributed by atoms with van der Waals surface area (Å²) in [6, 6.07) is 5.03. The van der Waals surface area contributed by atoms with E-state index in [9.17, 15) is 9.90 Å². The van der Waals surface area contributed by atoms with E-state index in [0.29, 0.717) is 10.9 Å². The van der Waals surface area contributed by atoms with Crippen LogP contribution in [0.2, 0.25) is 0 Å². The molecule has 5 nitrogen and oxygen atoms in total. The molecule has 2 N–H and O–H groups in total. The van der Waals surface area contributed by atoms with Crippen LogP contribution in [0.4, 0.5) is 0 Å². The minimum absolute atomic E-state index is 0.0967. The number of rotatable bonds is 4. The van der Waals surface area contributed by atoms with Gasteiger partial charge in [-0.3, -0.25) is 9.79 Å². The van der Waals surface area contributed by atoms with Gasteiger partial charge in [-0.2, -0.15) is 0 Å². The van der Waals surface area contributed by atoms with E-state index in [1.54, 1.807) is 42.1 Å². The Hall–Kier alpha value is -2.21. The highest BCUT2D eigenvalue weighted by Crippen LogP contribution is 2.26. The Labute approximate surface area is 127 Å². The first kappa shape index (κ1) is 15.2. The van der Waals surface area contributed by atoms with Gasteiger partial charge in [0, 0.05) is 11.8 Å². The molecule has 0 spiro atoms. The molecule has 1 heterocycles. The molecule has 0 aromatic heterocycles. The molecule has 1 aromatic carbocycles. The third-order valence-corrected chi connectivity index (χ3v) is 3.56. The van der Waals surface area contributed by atoms with Gasteiger partial charge in [0.25, 0.3) is 0 Å². The number of thioether (sulfide) groups is 1. The molecule has 0 fully saturated rings. The number of ether oxygens (including phenoxy) is 1. The normalized spacial score (nSPS) is 14.6. The summed E-state index contributed by atoms with van der Waals surface area (Å²) < 4.78 is 5.02. The Morgan fingerprint density at radius 2 is 2.33 bits per heavy atom. The summed E-state index contributed by atoms with van der Waals surface area (Å²) in [5.74, 6) is 1.23. The molecule has 0 saturated carbocycles. The SMILES string of the molecule is COc1cc(/C=C/C=C/C(=O)NC2=NCCS2)ccc1O. The highest BCUT2D eigenvalue weighted by molar-refractivity contribution is 8.14. The molecular weight excluding hydrogens is 288 g/mol. The van der Waals surface area contributed by atoms with Gasteiger partial charge in [-0.1, -0.05) is 36.1 Å². The minimum Gasteiger partial charge on any atom is -0.504 e. The molecule has 1 aliphatic heterocycles. The number of phenols is 1. The number of carbonyl (C=O) groups is 1. The minimum atomic E-state index is -0.198. The number of phenolic OH excluding ortho intramolecular Hbond substituents is 1. The number of nitrogens with zero attached hydrogens (tertiary/aromatic N) is 1. The van der Waals surface area contributed by atoms with Gasteiger partial charge < -0.3 is 15.2 Å². The van der Waals surface area contributed by atoms with Crippen LogP contribution < -0.4 is 10.1 Å². The number of methoxy groups -OCH3 is 1. The lowest BCUT2D eigenvalue weighted by atomic mass is 10.2. The average molecular weight is 304 g/mol. The van der Waals surface area contributed by atoms with Crippen molar-refractivity contribution >= 4 is 28.9 Å². The molecule has 2 rings (SSSR count). The first-order valence-corrected chi connectivity index (χ1v) is 7.37. The lowest BCUT2D eigenvalue weighted by molar-refractivity contribution is -0.115. The molecule has 21 heavy (non-hydrogen) atoms. The number of nitrogens with one attached hydrogen (secondary N) is 1. The van der Waals surface area contributed by atoms with E-state index < -0.39 is 0 Å². The van der Waals surface area contributed by atoms with Gasteiger partial charge in [0.05, 0.1) is 13.7 Å². The van der Waals surface area contributed by atoms with E-state index in [1.807, 2.05) is 6.08 Å². The van der Waals surface area contributed by atoms with Crippen LogP contribution in [0.5, 0.6) is 11.5 Å². The average Bonchev–Trinajstić information content (AvgIpc) is 2.98. The second kappa shape index (κ2) is 7.54. The van der Waals surface area contributed by atoms with Gasteiger partial charge in [0.2, 0.25) is 5.91 Å². The zero-order valence-electron chi connectivity index (χ0n) is 11.6. The molecular formula is C15H16N2O3S. The maximum absolute atomic E-state index is 11.6. The molecule has 0 saturated heterocycles. The van der Waals surface area contributed by atoms with Crippen LogP contribution in [0, 0.1) is 0 Å². The van der Waals surface area contributed by atoms with Gasteiger partial charge in [-0.25, -0.2) is 0 Å². The van der Waals surface area contributed by atoms with Crippen LogP contribution in [-0.4, -0.2) is 35.6 Å². The summed E-state index contributed by atoms with van der Waals surface area (Å²) in [5, 5.41) is 12.9. The van der Waals surface area contributed by atoms with Crippen LogP contribution in [0.15, 0.2) is 41.4 Å². The predicted octanol–water partition coefficient (Wildman–Crippen LogP) is 2.19. The second-order valence-corrected chi connectivity index (χ2v) is 5.26. The van der Waals surface area contributed by atoms with E-state index in [4.69, 9.17) is 4.74 Å². The highest BCUT2D eigenvalue weighted by atomic mass is 32.2. The standard InChI is InChI=1S/C15H16N2O3S/c1-20-13-10-11(6-7-12(13)18)4-2-3-5-14(19)17-15-16-8-9-21-15/h2-7,10,18H,8-9H2,1H3,(H,16,17,19)/b4-2+,5-3+. The van der Waals surface area contributed by atoms with Crippen LogP contribution in [-0.2, 0) is 4.79 Å². The fraction of sp³-hybridized carbons (Fsp3) is 0.200. The van der Waals surface area contributed by atoms with Gasteiger partial charge >= 0.3 is 0 Å². The Morgan fingerprint density at radius 3 is 3.05 bits per heavy atom. The van der Waals surface area contributed by atoms with Crippen LogP contribution >= 0.6 is 11.8 Å². The first-order chi connectivity index (χ1) is 10.2. The zero-order chi connectivity index (χ0) is 15.1. The molecule has 0 bridgehead atoms. The second-order valence-electron chi connectivity index (χ2n) is 4.17. The number of carbonyl (C=O) groups excluding carboxylic acids is 1. The van der Waals surface area contributed by atoms with Crippen molar-refractivity contribution in [2.24, 2.45) is 4.99 Å². The molecule has 1 amide bonds. The largest absolute Gasteiger partial charge is 0.504 e. The Kier molecular flexibility index (Phi) is 5.45. The summed E-state index contributed by atoms with van der Waals surface area (Å²) >= 11 is 1.54. The topological polar surface area (TPSA) is 70.9 Å². The van der Waals surface area contributed by atoms with Crippen molar-refractivity contribution < 1.29 is 14.6 Å². The molecule has 0 radical (unpaired) electrons. The fourth-order valence-electron chi connectivity index (χ4n) is 1.67. The number of amidine groups is 1. The fourth-order valence-corrected chi connectivity index (χ4v) is 2.40. The maximum atomic E-state index is 11.6. The zero-order valence-corrected chi connectivity index (χ0v) is 12.4. The summed E-state index contributed by atoms with van der Waals surface area (Å²) in [5.41, 5.74) is 0.866. The summed E-state index contributed by atoms with van der Waals surface area (Å²) in [6.07, 6.45) is 6.65. The number of hydrogen-bond acceptors (Lipinski definition) is 5. The van der Waals surface area contributed by atoms with Crippen LogP contribution in [0.25, 0.3) is 6.08 Å². The number of amides is 1. The molecule has 1 aromatic rings. The third-order valence-electron chi connectivity index (χ3n) is 2.67. The number of allylic oxidation sites excluding steroid dienone is 2. The molecule has 6 heteroatoms. The summed E-state index contributed by atoms with van der Waals surface area (Å²) in [4.78, 5) is 15.7. The van der Waals surface area contributed by atoms with Gasteiger partial charge in [-0.15, -0.1) is 0 Å². The van der Waals surface area contributed by atoms with Crippen LogP contribution in [0.3, 0.4) is 0 Å². The summed E-state index contributed by atoms with van der Waals surface area (Å²) in [6.45, 7) is 0.757. The van der Waals surface area contributed by atoms with Gasteiger partial charge in [0.15, 0.2) is 16.7 Å². The number of aromatic hydroxyl groups is 1. The predicted molar refractivity (Wildman–Crippen MR) is 85.7 cm³/mol. The van der Waals surface area contributed by atoms with Crippen molar-refractivity contribution in [2.75, 3.05) is 19.4 Å². The lowest BCUT2D eigenvalue weighted by Gasteiger charge is -2.03. The molecule has 110 valence electrons. The van der Waals surface area contributed by atoms with Crippen molar-refractivity contribution in [2.45, 2.75) is 0 Å². The molecule has 0 aliphatic carbocycles. The molecule has 0 unspecified atom stereocenters. The Bertz CT molecular complexity index is 609. The number of hydrogen-bond donors (Lipinski definition) is 2. The van der Waals surface area contributed by atoms with E-state index in [0.717, 1.165) is 17.9 Å². The van der Waals surface area contributed by atoms with E-state index in [1.165, 1.54) is 13.2 Å². The third kappa shape index (κ3) is 4.68. The highest BCUT2D eigenvalue weighted by Gasteiger charge is 2.08.